The van der Waals surface area contributed by atoms with Gasteiger partial charge < -0.3 is 15.1 Å². The number of carbonyl (C=O) groups excluding carboxylic acids is 1. The molecule has 0 radical (unpaired) electrons. The maximum Gasteiger partial charge on any atom is 0.225 e. The Hall–Kier alpha value is -2.68. The molecule has 1 N–H and O–H groups in total. The molecule has 0 spiro atoms. The molecule has 1 atom stereocenters. The van der Waals surface area contributed by atoms with Crippen LogP contribution in [0.3, 0.4) is 0 Å². The Morgan fingerprint density at radius 2 is 1.81 bits per heavy atom. The highest BCUT2D eigenvalue weighted by molar-refractivity contribution is 7.91. The number of nitrogens with one attached hydrogen (secondary N) is 1. The standard InChI is InChI=1S/C23H31N5O3S/c1-2-32(30,31)21-7-5-20(6-8-21)27-14-9-19(10-15-27)26-23(29)18-4-3-13-28(17-18)22-16-24-11-12-25-22/h5-8,11-12,16,18-19H,2-4,9-10,13-15,17H2,1H3,(H,26,29). The Morgan fingerprint density at radius 3 is 2.47 bits per heavy atom. The summed E-state index contributed by atoms with van der Waals surface area (Å²) in [6.07, 6.45) is 8.71. The largest absolute Gasteiger partial charge is 0.371 e. The van der Waals surface area contributed by atoms with Gasteiger partial charge in [0.25, 0.3) is 0 Å². The normalized spacial score (nSPS) is 20.2. The first-order valence-electron chi connectivity index (χ1n) is 11.4. The van der Waals surface area contributed by atoms with E-state index in [4.69, 9.17) is 0 Å². The van der Waals surface area contributed by atoms with Crippen molar-refractivity contribution in [1.82, 2.24) is 15.3 Å². The molecule has 2 aliphatic rings. The van der Waals surface area contributed by atoms with E-state index in [1.54, 1.807) is 37.6 Å². The fourth-order valence-electron chi connectivity index (χ4n) is 4.49. The van der Waals surface area contributed by atoms with Gasteiger partial charge in [0.05, 0.1) is 22.8 Å². The van der Waals surface area contributed by atoms with Gasteiger partial charge in [-0.3, -0.25) is 9.78 Å². The zero-order chi connectivity index (χ0) is 22.6. The fraction of sp³-hybridized carbons (Fsp3) is 0.522. The second-order valence-electron chi connectivity index (χ2n) is 8.52. The van der Waals surface area contributed by atoms with Crippen LogP contribution in [0, 0.1) is 5.92 Å². The Bertz CT molecular complexity index is 1010. The first-order valence-corrected chi connectivity index (χ1v) is 13.0. The van der Waals surface area contributed by atoms with Crippen LogP contribution in [0.5, 0.6) is 0 Å². The van der Waals surface area contributed by atoms with Crippen molar-refractivity contribution >= 4 is 27.2 Å². The topological polar surface area (TPSA) is 95.5 Å². The molecule has 0 bridgehead atoms. The molecule has 2 saturated heterocycles. The number of hydrogen-bond donors (Lipinski definition) is 1. The van der Waals surface area contributed by atoms with Crippen LogP contribution in [0.1, 0.15) is 32.6 Å². The van der Waals surface area contributed by atoms with Crippen LogP contribution in [0.2, 0.25) is 0 Å². The van der Waals surface area contributed by atoms with Gasteiger partial charge in [-0.1, -0.05) is 6.92 Å². The molecule has 3 heterocycles. The van der Waals surface area contributed by atoms with Crippen LogP contribution in [-0.2, 0) is 14.6 Å². The first kappa shape index (κ1) is 22.5. The van der Waals surface area contributed by atoms with E-state index in [-0.39, 0.29) is 23.6 Å². The third kappa shape index (κ3) is 5.20. The lowest BCUT2D eigenvalue weighted by Gasteiger charge is -2.36. The number of hydrogen-bond acceptors (Lipinski definition) is 7. The summed E-state index contributed by atoms with van der Waals surface area (Å²) >= 11 is 0. The third-order valence-corrected chi connectivity index (χ3v) is 8.20. The van der Waals surface area contributed by atoms with Crippen molar-refractivity contribution in [3.63, 3.8) is 0 Å². The second kappa shape index (κ2) is 9.85. The van der Waals surface area contributed by atoms with Crippen LogP contribution in [0.4, 0.5) is 11.5 Å². The molecule has 9 heteroatoms. The summed E-state index contributed by atoms with van der Waals surface area (Å²) in [5.41, 5.74) is 1.02. The molecule has 2 fully saturated rings. The van der Waals surface area contributed by atoms with Crippen molar-refractivity contribution in [3.8, 4) is 0 Å². The molecule has 1 aromatic carbocycles. The summed E-state index contributed by atoms with van der Waals surface area (Å²) in [5.74, 6) is 1.04. The molecule has 0 aliphatic carbocycles. The minimum Gasteiger partial charge on any atom is -0.371 e. The van der Waals surface area contributed by atoms with Crippen molar-refractivity contribution in [2.75, 3.05) is 41.7 Å². The van der Waals surface area contributed by atoms with Crippen molar-refractivity contribution in [2.45, 2.75) is 43.5 Å². The summed E-state index contributed by atoms with van der Waals surface area (Å²) in [6.45, 7) is 4.90. The predicted molar refractivity (Wildman–Crippen MR) is 125 cm³/mol. The number of aromatic nitrogens is 2. The van der Waals surface area contributed by atoms with E-state index in [2.05, 4.69) is 25.1 Å². The lowest BCUT2D eigenvalue weighted by Crippen LogP contribution is -2.49. The van der Waals surface area contributed by atoms with Gasteiger partial charge in [0.15, 0.2) is 9.84 Å². The number of rotatable bonds is 6. The molecule has 2 aromatic rings. The minimum absolute atomic E-state index is 0.0307. The number of anilines is 2. The Balaban J connectivity index is 1.28. The van der Waals surface area contributed by atoms with Gasteiger partial charge >= 0.3 is 0 Å². The second-order valence-corrected chi connectivity index (χ2v) is 10.8. The number of amides is 1. The molecule has 32 heavy (non-hydrogen) atoms. The van der Waals surface area contributed by atoms with Gasteiger partial charge in [-0.15, -0.1) is 0 Å². The van der Waals surface area contributed by atoms with Crippen molar-refractivity contribution in [1.29, 1.82) is 0 Å². The van der Waals surface area contributed by atoms with Crippen molar-refractivity contribution < 1.29 is 13.2 Å². The van der Waals surface area contributed by atoms with Crippen molar-refractivity contribution in [2.24, 2.45) is 5.92 Å². The lowest BCUT2D eigenvalue weighted by atomic mass is 9.95. The monoisotopic (exact) mass is 457 g/mol. The average molecular weight is 458 g/mol. The zero-order valence-electron chi connectivity index (χ0n) is 18.5. The highest BCUT2D eigenvalue weighted by Crippen LogP contribution is 2.24. The Labute approximate surface area is 190 Å². The average Bonchev–Trinajstić information content (AvgIpc) is 2.85. The molecular weight excluding hydrogens is 426 g/mol. The van der Waals surface area contributed by atoms with Gasteiger partial charge in [0.2, 0.25) is 5.91 Å². The van der Waals surface area contributed by atoms with E-state index in [1.807, 2.05) is 12.1 Å². The van der Waals surface area contributed by atoms with Crippen LogP contribution in [0.25, 0.3) is 0 Å². The van der Waals surface area contributed by atoms with Crippen LogP contribution in [-0.4, -0.2) is 62.3 Å². The van der Waals surface area contributed by atoms with Gasteiger partial charge in [-0.25, -0.2) is 13.4 Å². The maximum atomic E-state index is 12.9. The van der Waals surface area contributed by atoms with E-state index in [0.29, 0.717) is 11.4 Å². The number of carbonyl (C=O) groups is 1. The summed E-state index contributed by atoms with van der Waals surface area (Å²) in [6, 6.07) is 7.31. The molecule has 0 saturated carbocycles. The quantitative estimate of drug-likeness (QED) is 0.711. The molecule has 172 valence electrons. The summed E-state index contributed by atoms with van der Waals surface area (Å²) in [4.78, 5) is 26.2. The van der Waals surface area contributed by atoms with E-state index >= 15 is 0 Å². The third-order valence-electron chi connectivity index (χ3n) is 6.45. The lowest BCUT2D eigenvalue weighted by molar-refractivity contribution is -0.126. The molecule has 2 aliphatic heterocycles. The number of piperidine rings is 2. The van der Waals surface area contributed by atoms with Gasteiger partial charge in [-0.2, -0.15) is 0 Å². The minimum atomic E-state index is -3.18. The van der Waals surface area contributed by atoms with Gasteiger partial charge in [-0.05, 0) is 49.9 Å². The number of benzene rings is 1. The SMILES string of the molecule is CCS(=O)(=O)c1ccc(N2CCC(NC(=O)C3CCCN(c4cnccn4)C3)CC2)cc1. The van der Waals surface area contributed by atoms with E-state index in [0.717, 1.165) is 56.8 Å². The summed E-state index contributed by atoms with van der Waals surface area (Å²) < 4.78 is 24.0. The zero-order valence-corrected chi connectivity index (χ0v) is 19.3. The molecule has 4 rings (SSSR count). The van der Waals surface area contributed by atoms with Gasteiger partial charge in [0, 0.05) is 50.3 Å². The fourth-order valence-corrected chi connectivity index (χ4v) is 5.37. The Kier molecular flexibility index (Phi) is 6.93. The molecular formula is C23H31N5O3S. The Morgan fingerprint density at radius 1 is 1.06 bits per heavy atom. The van der Waals surface area contributed by atoms with E-state index in [9.17, 15) is 13.2 Å². The predicted octanol–water partition coefficient (Wildman–Crippen LogP) is 2.27. The molecule has 1 aromatic heterocycles. The van der Waals surface area contributed by atoms with E-state index < -0.39 is 9.84 Å². The highest BCUT2D eigenvalue weighted by atomic mass is 32.2. The summed E-state index contributed by atoms with van der Waals surface area (Å²) in [7, 11) is -3.18. The summed E-state index contributed by atoms with van der Waals surface area (Å²) in [5, 5.41) is 3.26. The van der Waals surface area contributed by atoms with Crippen LogP contribution in [0.15, 0.2) is 47.8 Å². The molecule has 8 nitrogen and oxygen atoms in total. The van der Waals surface area contributed by atoms with Crippen LogP contribution < -0.4 is 15.1 Å². The number of nitrogens with zero attached hydrogens (tertiary/aromatic N) is 4. The molecule has 1 amide bonds. The van der Waals surface area contributed by atoms with Gasteiger partial charge in [0.1, 0.15) is 5.82 Å². The first-order chi connectivity index (χ1) is 15.5. The van der Waals surface area contributed by atoms with Crippen molar-refractivity contribution in [3.05, 3.63) is 42.9 Å². The van der Waals surface area contributed by atoms with E-state index in [1.165, 1.54) is 0 Å². The smallest absolute Gasteiger partial charge is 0.225 e. The van der Waals surface area contributed by atoms with Crippen LogP contribution >= 0.6 is 0 Å². The molecule has 1 unspecified atom stereocenters. The number of sulfone groups is 1. The maximum absolute atomic E-state index is 12.9. The highest BCUT2D eigenvalue weighted by Gasteiger charge is 2.29.